The maximum Gasteiger partial charge on any atom is 0.275 e. The third-order valence-corrected chi connectivity index (χ3v) is 3.51. The highest BCUT2D eigenvalue weighted by Crippen LogP contribution is 2.39. The first-order chi connectivity index (χ1) is 9.16. The van der Waals surface area contributed by atoms with Crippen LogP contribution < -0.4 is 10.2 Å². The Hall–Kier alpha value is -2.63. The molecule has 0 saturated carbocycles. The van der Waals surface area contributed by atoms with Crippen molar-refractivity contribution in [2.75, 3.05) is 4.90 Å². The standard InChI is InChI=1S/C13H10N4O2/c1-16-6-9-10(15-16)12(18)14-11-7-4-2-3-5-8(7)13(19)17(9)11/h2-6,11H,1H3,(H,14,18). The molecule has 1 atom stereocenters. The van der Waals surface area contributed by atoms with Gasteiger partial charge in [0, 0.05) is 24.4 Å². The summed E-state index contributed by atoms with van der Waals surface area (Å²) in [6, 6.07) is 7.32. The summed E-state index contributed by atoms with van der Waals surface area (Å²) in [5.41, 5.74) is 2.32. The van der Waals surface area contributed by atoms with Crippen LogP contribution in [0.2, 0.25) is 0 Å². The molecule has 0 bridgehead atoms. The Morgan fingerprint density at radius 2 is 2.05 bits per heavy atom. The van der Waals surface area contributed by atoms with Gasteiger partial charge >= 0.3 is 0 Å². The van der Waals surface area contributed by atoms with E-state index in [1.54, 1.807) is 28.9 Å². The van der Waals surface area contributed by atoms with Crippen molar-refractivity contribution in [2.24, 2.45) is 7.05 Å². The Morgan fingerprint density at radius 3 is 2.89 bits per heavy atom. The van der Waals surface area contributed by atoms with Crippen LogP contribution in [0.5, 0.6) is 0 Å². The van der Waals surface area contributed by atoms with E-state index < -0.39 is 6.17 Å². The summed E-state index contributed by atoms with van der Waals surface area (Å²) in [6.45, 7) is 0. The Labute approximate surface area is 108 Å². The molecular formula is C13H10N4O2. The zero-order valence-electron chi connectivity index (χ0n) is 10.1. The molecule has 6 nitrogen and oxygen atoms in total. The molecule has 0 aliphatic carbocycles. The van der Waals surface area contributed by atoms with Gasteiger partial charge in [-0.15, -0.1) is 0 Å². The van der Waals surface area contributed by atoms with Gasteiger partial charge in [-0.3, -0.25) is 19.2 Å². The van der Waals surface area contributed by atoms with Crippen LogP contribution >= 0.6 is 0 Å². The van der Waals surface area contributed by atoms with E-state index in [9.17, 15) is 9.59 Å². The van der Waals surface area contributed by atoms with E-state index in [-0.39, 0.29) is 11.8 Å². The van der Waals surface area contributed by atoms with Crippen molar-refractivity contribution in [1.82, 2.24) is 15.1 Å². The van der Waals surface area contributed by atoms with Crippen LogP contribution in [0, 0.1) is 0 Å². The number of fused-ring (bicyclic) bond motifs is 5. The van der Waals surface area contributed by atoms with Crippen molar-refractivity contribution in [3.8, 4) is 0 Å². The number of benzene rings is 1. The fourth-order valence-corrected chi connectivity index (χ4v) is 2.71. The number of hydrogen-bond donors (Lipinski definition) is 1. The van der Waals surface area contributed by atoms with Crippen LogP contribution in [0.1, 0.15) is 32.6 Å². The lowest BCUT2D eigenvalue weighted by atomic mass is 10.1. The second-order valence-corrected chi connectivity index (χ2v) is 4.68. The summed E-state index contributed by atoms with van der Waals surface area (Å²) >= 11 is 0. The fraction of sp³-hybridized carbons (Fsp3) is 0.154. The number of rotatable bonds is 0. The van der Waals surface area contributed by atoms with Crippen molar-refractivity contribution in [1.29, 1.82) is 0 Å². The minimum absolute atomic E-state index is 0.102. The zero-order chi connectivity index (χ0) is 13.1. The van der Waals surface area contributed by atoms with E-state index in [4.69, 9.17) is 0 Å². The van der Waals surface area contributed by atoms with E-state index >= 15 is 0 Å². The summed E-state index contributed by atoms with van der Waals surface area (Å²) in [7, 11) is 1.73. The van der Waals surface area contributed by atoms with Gasteiger partial charge in [0.25, 0.3) is 11.8 Å². The highest BCUT2D eigenvalue weighted by molar-refractivity contribution is 6.16. The van der Waals surface area contributed by atoms with Crippen LogP contribution in [-0.4, -0.2) is 21.6 Å². The minimum Gasteiger partial charge on any atom is -0.326 e. The summed E-state index contributed by atoms with van der Waals surface area (Å²) in [6.07, 6.45) is 1.28. The number of carbonyl (C=O) groups is 2. The average Bonchev–Trinajstić information content (AvgIpc) is 2.91. The third-order valence-electron chi connectivity index (χ3n) is 3.51. The molecule has 2 aliphatic heterocycles. The van der Waals surface area contributed by atoms with Gasteiger partial charge in [-0.2, -0.15) is 5.10 Å². The van der Waals surface area contributed by atoms with Gasteiger partial charge < -0.3 is 5.32 Å². The first-order valence-electron chi connectivity index (χ1n) is 5.94. The molecule has 19 heavy (non-hydrogen) atoms. The molecule has 1 aromatic carbocycles. The molecule has 2 amide bonds. The predicted octanol–water partition coefficient (Wildman–Crippen LogP) is 0.823. The van der Waals surface area contributed by atoms with Gasteiger partial charge in [0.15, 0.2) is 5.69 Å². The zero-order valence-corrected chi connectivity index (χ0v) is 10.1. The number of nitrogens with one attached hydrogen (secondary N) is 1. The monoisotopic (exact) mass is 254 g/mol. The van der Waals surface area contributed by atoms with Gasteiger partial charge in [0.2, 0.25) is 0 Å². The number of carbonyl (C=O) groups excluding carboxylic acids is 2. The third kappa shape index (κ3) is 1.17. The first kappa shape index (κ1) is 10.3. The predicted molar refractivity (Wildman–Crippen MR) is 66.7 cm³/mol. The molecule has 0 fully saturated rings. The molecule has 94 valence electrons. The molecule has 0 radical (unpaired) electrons. The molecule has 1 unspecified atom stereocenters. The van der Waals surface area contributed by atoms with Crippen LogP contribution in [0.15, 0.2) is 30.5 Å². The van der Waals surface area contributed by atoms with Gasteiger partial charge in [0.05, 0.1) is 5.69 Å². The number of hydrogen-bond acceptors (Lipinski definition) is 3. The summed E-state index contributed by atoms with van der Waals surface area (Å²) in [5, 5.41) is 6.93. The number of amides is 2. The van der Waals surface area contributed by atoms with E-state index in [2.05, 4.69) is 10.4 Å². The molecule has 2 aromatic rings. The van der Waals surface area contributed by atoms with Crippen LogP contribution in [0.3, 0.4) is 0 Å². The Bertz CT molecular complexity index is 734. The maximum atomic E-state index is 12.4. The molecule has 1 N–H and O–H groups in total. The second-order valence-electron chi connectivity index (χ2n) is 4.68. The van der Waals surface area contributed by atoms with Crippen molar-refractivity contribution < 1.29 is 9.59 Å². The number of anilines is 1. The Morgan fingerprint density at radius 1 is 1.26 bits per heavy atom. The summed E-state index contributed by atoms with van der Waals surface area (Å²) in [4.78, 5) is 26.1. The van der Waals surface area contributed by atoms with Crippen molar-refractivity contribution >= 4 is 17.5 Å². The van der Waals surface area contributed by atoms with Crippen LogP contribution in [-0.2, 0) is 7.05 Å². The first-order valence-corrected chi connectivity index (χ1v) is 5.94. The number of aryl methyl sites for hydroxylation is 1. The molecule has 4 rings (SSSR count). The SMILES string of the molecule is Cn1cc2c(n1)C(=O)NC1c3ccccc3C(=O)N21. The lowest BCUT2D eigenvalue weighted by Crippen LogP contribution is -2.44. The average molecular weight is 254 g/mol. The van der Waals surface area contributed by atoms with Crippen molar-refractivity contribution in [3.05, 3.63) is 47.3 Å². The summed E-state index contributed by atoms with van der Waals surface area (Å²) in [5.74, 6) is -0.351. The van der Waals surface area contributed by atoms with E-state index in [0.717, 1.165) is 5.56 Å². The maximum absolute atomic E-state index is 12.4. The van der Waals surface area contributed by atoms with Crippen LogP contribution in [0.25, 0.3) is 0 Å². The van der Waals surface area contributed by atoms with Gasteiger partial charge in [-0.1, -0.05) is 18.2 Å². The lowest BCUT2D eigenvalue weighted by molar-refractivity contribution is 0.0907. The van der Waals surface area contributed by atoms with Crippen molar-refractivity contribution in [2.45, 2.75) is 6.17 Å². The van der Waals surface area contributed by atoms with Crippen molar-refractivity contribution in [3.63, 3.8) is 0 Å². The highest BCUT2D eigenvalue weighted by Gasteiger charge is 2.44. The Balaban J connectivity index is 1.96. The molecule has 6 heteroatoms. The Kier molecular flexibility index (Phi) is 1.75. The smallest absolute Gasteiger partial charge is 0.275 e. The highest BCUT2D eigenvalue weighted by atomic mass is 16.2. The van der Waals surface area contributed by atoms with Gasteiger partial charge in [0.1, 0.15) is 6.17 Å². The van der Waals surface area contributed by atoms with Crippen LogP contribution in [0.4, 0.5) is 5.69 Å². The van der Waals surface area contributed by atoms with E-state index in [0.29, 0.717) is 16.9 Å². The molecule has 0 saturated heterocycles. The molecule has 1 aromatic heterocycles. The normalized spacial score (nSPS) is 19.8. The summed E-state index contributed by atoms with van der Waals surface area (Å²) < 4.78 is 1.54. The quantitative estimate of drug-likeness (QED) is 0.757. The molecule has 3 heterocycles. The van der Waals surface area contributed by atoms with E-state index in [1.165, 1.54) is 0 Å². The van der Waals surface area contributed by atoms with E-state index in [1.807, 2.05) is 18.2 Å². The largest absolute Gasteiger partial charge is 0.326 e. The van der Waals surface area contributed by atoms with Gasteiger partial charge in [-0.05, 0) is 6.07 Å². The molecular weight excluding hydrogens is 244 g/mol. The number of nitrogens with zero attached hydrogens (tertiary/aromatic N) is 3. The molecule has 0 spiro atoms. The second kappa shape index (κ2) is 3.23. The minimum atomic E-state index is -0.423. The topological polar surface area (TPSA) is 67.2 Å². The lowest BCUT2D eigenvalue weighted by Gasteiger charge is -2.29. The number of aromatic nitrogens is 2. The van der Waals surface area contributed by atoms with Gasteiger partial charge in [-0.25, -0.2) is 0 Å². The molecule has 2 aliphatic rings. The fourth-order valence-electron chi connectivity index (χ4n) is 2.71.